The SMILES string of the molecule is CC(C)[C@H]1COC(c2cc3ccccc3s2)=N1. The fraction of sp³-hybridized carbons (Fsp3) is 0.357. The summed E-state index contributed by atoms with van der Waals surface area (Å²) >= 11 is 1.75. The molecule has 3 rings (SSSR count). The van der Waals surface area contributed by atoms with Crippen LogP contribution in [0.4, 0.5) is 0 Å². The molecular weight excluding hydrogens is 230 g/mol. The highest BCUT2D eigenvalue weighted by Crippen LogP contribution is 2.28. The predicted octanol–water partition coefficient (Wildman–Crippen LogP) is 3.70. The van der Waals surface area contributed by atoms with E-state index in [1.165, 1.54) is 10.1 Å². The Kier molecular flexibility index (Phi) is 2.63. The average Bonchev–Trinajstić information content (AvgIpc) is 2.95. The van der Waals surface area contributed by atoms with Crippen molar-refractivity contribution < 1.29 is 4.74 Å². The van der Waals surface area contributed by atoms with Gasteiger partial charge in [-0.3, -0.25) is 0 Å². The molecule has 0 saturated heterocycles. The predicted molar refractivity (Wildman–Crippen MR) is 72.9 cm³/mol. The van der Waals surface area contributed by atoms with Crippen LogP contribution in [0.25, 0.3) is 10.1 Å². The van der Waals surface area contributed by atoms with Crippen molar-refractivity contribution in [1.82, 2.24) is 0 Å². The molecule has 0 unspecified atom stereocenters. The monoisotopic (exact) mass is 245 g/mol. The maximum Gasteiger partial charge on any atom is 0.226 e. The lowest BCUT2D eigenvalue weighted by atomic mass is 10.1. The number of aliphatic imine (C=N–C) groups is 1. The Morgan fingerprint density at radius 2 is 2.18 bits per heavy atom. The summed E-state index contributed by atoms with van der Waals surface area (Å²) in [5.41, 5.74) is 0. The molecule has 0 aliphatic carbocycles. The van der Waals surface area contributed by atoms with E-state index in [1.54, 1.807) is 11.3 Å². The summed E-state index contributed by atoms with van der Waals surface area (Å²) in [5, 5.41) is 1.27. The van der Waals surface area contributed by atoms with Crippen LogP contribution in [0.3, 0.4) is 0 Å². The van der Waals surface area contributed by atoms with Crippen molar-refractivity contribution >= 4 is 27.3 Å². The first-order valence-electron chi connectivity index (χ1n) is 5.93. The van der Waals surface area contributed by atoms with Gasteiger partial charge < -0.3 is 4.74 Å². The molecule has 3 heteroatoms. The molecule has 2 aromatic rings. The summed E-state index contributed by atoms with van der Waals surface area (Å²) in [4.78, 5) is 5.81. The first-order valence-corrected chi connectivity index (χ1v) is 6.75. The van der Waals surface area contributed by atoms with E-state index < -0.39 is 0 Å². The summed E-state index contributed by atoms with van der Waals surface area (Å²) in [6, 6.07) is 10.9. The maximum absolute atomic E-state index is 5.70. The molecule has 2 heterocycles. The van der Waals surface area contributed by atoms with E-state index in [0.29, 0.717) is 12.0 Å². The highest BCUT2D eigenvalue weighted by molar-refractivity contribution is 7.20. The highest BCUT2D eigenvalue weighted by Gasteiger charge is 2.23. The molecule has 0 bridgehead atoms. The Morgan fingerprint density at radius 1 is 1.35 bits per heavy atom. The van der Waals surface area contributed by atoms with E-state index in [0.717, 1.165) is 17.4 Å². The molecule has 0 saturated carbocycles. The zero-order chi connectivity index (χ0) is 11.8. The van der Waals surface area contributed by atoms with Gasteiger partial charge in [0.2, 0.25) is 5.90 Å². The Balaban J connectivity index is 1.97. The van der Waals surface area contributed by atoms with E-state index in [2.05, 4.69) is 49.2 Å². The van der Waals surface area contributed by atoms with Gasteiger partial charge in [0.25, 0.3) is 0 Å². The molecular formula is C14H15NOS. The van der Waals surface area contributed by atoms with Gasteiger partial charge in [0, 0.05) is 4.70 Å². The number of benzene rings is 1. The number of fused-ring (bicyclic) bond motifs is 1. The molecule has 0 radical (unpaired) electrons. The fourth-order valence-corrected chi connectivity index (χ4v) is 2.97. The highest BCUT2D eigenvalue weighted by atomic mass is 32.1. The topological polar surface area (TPSA) is 21.6 Å². The maximum atomic E-state index is 5.70. The van der Waals surface area contributed by atoms with E-state index in [1.807, 2.05) is 0 Å². The number of nitrogens with zero attached hydrogens (tertiary/aromatic N) is 1. The number of ether oxygens (including phenoxy) is 1. The zero-order valence-corrected chi connectivity index (χ0v) is 10.8. The molecule has 88 valence electrons. The lowest BCUT2D eigenvalue weighted by Gasteiger charge is -2.06. The fourth-order valence-electron chi connectivity index (χ4n) is 1.95. The lowest BCUT2D eigenvalue weighted by molar-refractivity contribution is 0.292. The van der Waals surface area contributed by atoms with Crippen molar-refractivity contribution in [2.75, 3.05) is 6.61 Å². The second kappa shape index (κ2) is 4.15. The van der Waals surface area contributed by atoms with Crippen molar-refractivity contribution in [3.05, 3.63) is 35.2 Å². The van der Waals surface area contributed by atoms with Crippen LogP contribution >= 0.6 is 11.3 Å². The number of hydrogen-bond acceptors (Lipinski definition) is 3. The Hall–Kier alpha value is -1.35. The molecule has 0 amide bonds. The zero-order valence-electron chi connectivity index (χ0n) is 10.0. The van der Waals surface area contributed by atoms with Gasteiger partial charge >= 0.3 is 0 Å². The lowest BCUT2D eigenvalue weighted by Crippen LogP contribution is -2.13. The van der Waals surface area contributed by atoms with Crippen molar-refractivity contribution in [1.29, 1.82) is 0 Å². The van der Waals surface area contributed by atoms with Gasteiger partial charge in [-0.2, -0.15) is 0 Å². The quantitative estimate of drug-likeness (QED) is 0.790. The second-order valence-corrected chi connectivity index (χ2v) is 5.79. The minimum absolute atomic E-state index is 0.315. The smallest absolute Gasteiger partial charge is 0.226 e. The second-order valence-electron chi connectivity index (χ2n) is 4.71. The summed E-state index contributed by atoms with van der Waals surface area (Å²) in [7, 11) is 0. The van der Waals surface area contributed by atoms with Gasteiger partial charge in [-0.15, -0.1) is 11.3 Å². The molecule has 17 heavy (non-hydrogen) atoms. The van der Waals surface area contributed by atoms with Gasteiger partial charge in [0.05, 0.1) is 10.9 Å². The van der Waals surface area contributed by atoms with E-state index in [4.69, 9.17) is 4.74 Å². The molecule has 0 N–H and O–H groups in total. The van der Waals surface area contributed by atoms with Crippen LogP contribution < -0.4 is 0 Å². The van der Waals surface area contributed by atoms with Crippen LogP contribution in [-0.2, 0) is 4.74 Å². The van der Waals surface area contributed by atoms with E-state index in [-0.39, 0.29) is 0 Å². The largest absolute Gasteiger partial charge is 0.475 e. The third-order valence-electron chi connectivity index (χ3n) is 3.08. The molecule has 2 nitrogen and oxygen atoms in total. The molecule has 1 atom stereocenters. The third kappa shape index (κ3) is 1.95. The van der Waals surface area contributed by atoms with Gasteiger partial charge in [0.1, 0.15) is 6.61 Å². The van der Waals surface area contributed by atoms with Gasteiger partial charge in [-0.05, 0) is 23.4 Å². The van der Waals surface area contributed by atoms with Crippen LogP contribution in [0.5, 0.6) is 0 Å². The minimum Gasteiger partial charge on any atom is -0.475 e. The number of rotatable bonds is 2. The molecule has 1 aromatic carbocycles. The first-order chi connectivity index (χ1) is 8.24. The molecule has 0 fully saturated rings. The van der Waals surface area contributed by atoms with Crippen LogP contribution in [0, 0.1) is 5.92 Å². The molecule has 1 aromatic heterocycles. The van der Waals surface area contributed by atoms with E-state index in [9.17, 15) is 0 Å². The summed E-state index contributed by atoms with van der Waals surface area (Å²) in [6.07, 6.45) is 0. The van der Waals surface area contributed by atoms with Crippen LogP contribution in [-0.4, -0.2) is 18.5 Å². The van der Waals surface area contributed by atoms with Crippen LogP contribution in [0.15, 0.2) is 35.3 Å². The van der Waals surface area contributed by atoms with Crippen molar-refractivity contribution in [3.63, 3.8) is 0 Å². The molecule has 0 spiro atoms. The first kappa shape index (κ1) is 10.8. The van der Waals surface area contributed by atoms with Gasteiger partial charge in [0.15, 0.2) is 0 Å². The van der Waals surface area contributed by atoms with Crippen molar-refractivity contribution in [2.24, 2.45) is 10.9 Å². The molecule has 1 aliphatic rings. The Bertz CT molecular complexity index is 537. The van der Waals surface area contributed by atoms with Crippen molar-refractivity contribution in [3.8, 4) is 0 Å². The summed E-state index contributed by atoms with van der Waals surface area (Å²) in [6.45, 7) is 5.10. The average molecular weight is 245 g/mol. The van der Waals surface area contributed by atoms with Crippen LogP contribution in [0.2, 0.25) is 0 Å². The minimum atomic E-state index is 0.315. The normalized spacial score (nSPS) is 19.7. The number of hydrogen-bond donors (Lipinski definition) is 0. The summed E-state index contributed by atoms with van der Waals surface area (Å²) in [5.74, 6) is 1.37. The van der Waals surface area contributed by atoms with Gasteiger partial charge in [-0.25, -0.2) is 4.99 Å². The van der Waals surface area contributed by atoms with Gasteiger partial charge in [-0.1, -0.05) is 32.0 Å². The Labute approximate surface area is 105 Å². The van der Waals surface area contributed by atoms with Crippen LogP contribution in [0.1, 0.15) is 18.7 Å². The van der Waals surface area contributed by atoms with Crippen molar-refractivity contribution in [2.45, 2.75) is 19.9 Å². The molecule has 1 aliphatic heterocycles. The standard InChI is InChI=1S/C14H15NOS/c1-9(2)11-8-16-14(15-11)13-7-10-5-3-4-6-12(10)17-13/h3-7,9,11H,8H2,1-2H3/t11-/m1/s1. The van der Waals surface area contributed by atoms with E-state index >= 15 is 0 Å². The summed E-state index contributed by atoms with van der Waals surface area (Å²) < 4.78 is 7.00. The number of thiophene rings is 1. The Morgan fingerprint density at radius 3 is 2.88 bits per heavy atom. The third-order valence-corrected chi connectivity index (χ3v) is 4.18.